The summed E-state index contributed by atoms with van der Waals surface area (Å²) in [5.74, 6) is 0. The molecule has 4 nitrogen and oxygen atoms in total. The number of imidazole rings is 1. The molecule has 0 saturated heterocycles. The van der Waals surface area contributed by atoms with Crippen LogP contribution in [0.1, 0.15) is 43.9 Å². The Hall–Kier alpha value is -1.81. The SMILES string of the molecule is CCCc1ccc(C(N)Cn2ccn(CCC)c2=O)cc1. The first-order valence-corrected chi connectivity index (χ1v) is 7.75. The molecule has 0 saturated carbocycles. The minimum absolute atomic E-state index is 0.0231. The highest BCUT2D eigenvalue weighted by Gasteiger charge is 2.10. The number of hydrogen-bond donors (Lipinski definition) is 1. The van der Waals surface area contributed by atoms with E-state index < -0.39 is 0 Å². The number of benzene rings is 1. The van der Waals surface area contributed by atoms with Crippen molar-refractivity contribution in [1.82, 2.24) is 9.13 Å². The predicted molar refractivity (Wildman–Crippen MR) is 86.3 cm³/mol. The maximum atomic E-state index is 12.1. The normalized spacial score (nSPS) is 12.5. The van der Waals surface area contributed by atoms with Gasteiger partial charge in [-0.1, -0.05) is 44.5 Å². The average Bonchev–Trinajstić information content (AvgIpc) is 2.82. The predicted octanol–water partition coefficient (Wildman–Crippen LogP) is 2.71. The Morgan fingerprint density at radius 1 is 1.05 bits per heavy atom. The Bertz CT molecular complexity index is 610. The summed E-state index contributed by atoms with van der Waals surface area (Å²) in [5.41, 5.74) is 8.66. The quantitative estimate of drug-likeness (QED) is 0.851. The number of hydrogen-bond acceptors (Lipinski definition) is 2. The van der Waals surface area contributed by atoms with Gasteiger partial charge in [0.15, 0.2) is 0 Å². The Morgan fingerprint density at radius 2 is 1.71 bits per heavy atom. The zero-order valence-electron chi connectivity index (χ0n) is 13.0. The summed E-state index contributed by atoms with van der Waals surface area (Å²) in [6, 6.07) is 8.25. The van der Waals surface area contributed by atoms with Crippen LogP contribution in [-0.2, 0) is 19.5 Å². The molecule has 0 bridgehead atoms. The summed E-state index contributed by atoms with van der Waals surface area (Å²) in [5, 5.41) is 0. The van der Waals surface area contributed by atoms with Crippen LogP contribution in [0.4, 0.5) is 0 Å². The van der Waals surface area contributed by atoms with E-state index in [9.17, 15) is 4.79 Å². The van der Waals surface area contributed by atoms with Crippen LogP contribution < -0.4 is 11.4 Å². The highest BCUT2D eigenvalue weighted by atomic mass is 16.1. The largest absolute Gasteiger partial charge is 0.328 e. The molecule has 1 aromatic carbocycles. The van der Waals surface area contributed by atoms with Crippen molar-refractivity contribution in [2.45, 2.75) is 52.2 Å². The summed E-state index contributed by atoms with van der Waals surface area (Å²) in [7, 11) is 0. The van der Waals surface area contributed by atoms with Crippen molar-refractivity contribution >= 4 is 0 Å². The van der Waals surface area contributed by atoms with Crippen LogP contribution in [0.2, 0.25) is 0 Å². The zero-order valence-corrected chi connectivity index (χ0v) is 13.0. The molecule has 0 spiro atoms. The minimum atomic E-state index is -0.157. The first kappa shape index (κ1) is 15.6. The van der Waals surface area contributed by atoms with Crippen LogP contribution in [0.3, 0.4) is 0 Å². The second-order valence-electron chi connectivity index (χ2n) is 5.52. The number of rotatable bonds is 7. The summed E-state index contributed by atoms with van der Waals surface area (Å²) in [6.45, 7) is 5.51. The maximum absolute atomic E-state index is 12.1. The van der Waals surface area contributed by atoms with Gasteiger partial charge in [0.25, 0.3) is 0 Å². The second-order valence-corrected chi connectivity index (χ2v) is 5.52. The lowest BCUT2D eigenvalue weighted by Gasteiger charge is -2.13. The standard InChI is InChI=1S/C17H25N3O/c1-3-5-14-6-8-15(9-7-14)16(18)13-20-12-11-19(10-4-2)17(20)21/h6-9,11-12,16H,3-5,10,13,18H2,1-2H3. The molecule has 1 atom stereocenters. The van der Waals surface area contributed by atoms with Gasteiger partial charge in [-0.3, -0.25) is 9.13 Å². The first-order valence-electron chi connectivity index (χ1n) is 7.75. The Labute approximate surface area is 126 Å². The van der Waals surface area contributed by atoms with Crippen LogP contribution in [0.5, 0.6) is 0 Å². The molecule has 0 radical (unpaired) electrons. The van der Waals surface area contributed by atoms with Crippen molar-refractivity contribution in [2.75, 3.05) is 0 Å². The van der Waals surface area contributed by atoms with Crippen molar-refractivity contribution in [1.29, 1.82) is 0 Å². The Morgan fingerprint density at radius 3 is 2.33 bits per heavy atom. The molecule has 1 unspecified atom stereocenters. The highest BCUT2D eigenvalue weighted by Crippen LogP contribution is 2.14. The van der Waals surface area contributed by atoms with Gasteiger partial charge in [0, 0.05) is 31.5 Å². The van der Waals surface area contributed by atoms with Crippen LogP contribution in [0, 0.1) is 0 Å². The molecule has 0 aliphatic carbocycles. The van der Waals surface area contributed by atoms with Crippen LogP contribution >= 0.6 is 0 Å². The molecule has 21 heavy (non-hydrogen) atoms. The van der Waals surface area contributed by atoms with Crippen molar-refractivity contribution in [3.8, 4) is 0 Å². The third-order valence-corrected chi connectivity index (χ3v) is 3.72. The lowest BCUT2D eigenvalue weighted by atomic mass is 10.0. The fourth-order valence-electron chi connectivity index (χ4n) is 2.54. The average molecular weight is 287 g/mol. The van der Waals surface area contributed by atoms with Gasteiger partial charge in [0.2, 0.25) is 0 Å². The number of nitrogens with two attached hydrogens (primary N) is 1. The topological polar surface area (TPSA) is 52.9 Å². The number of aryl methyl sites for hydroxylation is 2. The van der Waals surface area contributed by atoms with Gasteiger partial charge in [-0.15, -0.1) is 0 Å². The van der Waals surface area contributed by atoms with Gasteiger partial charge < -0.3 is 5.73 Å². The first-order chi connectivity index (χ1) is 10.2. The molecule has 2 N–H and O–H groups in total. The summed E-state index contributed by atoms with van der Waals surface area (Å²) in [6.07, 6.45) is 6.85. The number of aromatic nitrogens is 2. The van der Waals surface area contributed by atoms with E-state index in [4.69, 9.17) is 5.73 Å². The number of nitrogens with zero attached hydrogens (tertiary/aromatic N) is 2. The van der Waals surface area contributed by atoms with E-state index in [0.29, 0.717) is 6.54 Å². The second kappa shape index (κ2) is 7.27. The van der Waals surface area contributed by atoms with Gasteiger partial charge in [0.1, 0.15) is 0 Å². The van der Waals surface area contributed by atoms with Crippen molar-refractivity contribution in [2.24, 2.45) is 5.73 Å². The van der Waals surface area contributed by atoms with E-state index in [-0.39, 0.29) is 11.7 Å². The molecule has 2 aromatic rings. The third kappa shape index (κ3) is 3.85. The van der Waals surface area contributed by atoms with Gasteiger partial charge in [-0.05, 0) is 24.0 Å². The summed E-state index contributed by atoms with van der Waals surface area (Å²) < 4.78 is 3.43. The summed E-state index contributed by atoms with van der Waals surface area (Å²) in [4.78, 5) is 12.1. The van der Waals surface area contributed by atoms with Crippen molar-refractivity contribution in [3.63, 3.8) is 0 Å². The van der Waals surface area contributed by atoms with Crippen LogP contribution in [0.15, 0.2) is 41.5 Å². The van der Waals surface area contributed by atoms with Crippen molar-refractivity contribution < 1.29 is 0 Å². The molecule has 1 heterocycles. The summed E-state index contributed by atoms with van der Waals surface area (Å²) >= 11 is 0. The zero-order chi connectivity index (χ0) is 15.2. The van der Waals surface area contributed by atoms with E-state index in [0.717, 1.165) is 31.4 Å². The van der Waals surface area contributed by atoms with Crippen LogP contribution in [0.25, 0.3) is 0 Å². The van der Waals surface area contributed by atoms with E-state index in [1.165, 1.54) is 5.56 Å². The molecule has 1 aromatic heterocycles. The molecule has 0 amide bonds. The molecule has 0 aliphatic heterocycles. The Kier molecular flexibility index (Phi) is 5.39. The van der Waals surface area contributed by atoms with E-state index in [2.05, 4.69) is 38.1 Å². The fraction of sp³-hybridized carbons (Fsp3) is 0.471. The van der Waals surface area contributed by atoms with Crippen LogP contribution in [-0.4, -0.2) is 9.13 Å². The van der Waals surface area contributed by atoms with Gasteiger partial charge in [-0.2, -0.15) is 0 Å². The monoisotopic (exact) mass is 287 g/mol. The van der Waals surface area contributed by atoms with E-state index in [1.54, 1.807) is 9.13 Å². The third-order valence-electron chi connectivity index (χ3n) is 3.72. The Balaban J connectivity index is 2.07. The van der Waals surface area contributed by atoms with Crippen molar-refractivity contribution in [3.05, 3.63) is 58.3 Å². The smallest absolute Gasteiger partial charge is 0.322 e. The minimum Gasteiger partial charge on any atom is -0.322 e. The van der Waals surface area contributed by atoms with Gasteiger partial charge in [0.05, 0.1) is 0 Å². The molecule has 4 heteroatoms. The molecule has 0 fully saturated rings. The fourth-order valence-corrected chi connectivity index (χ4v) is 2.54. The molecular formula is C17H25N3O. The molecule has 0 aliphatic rings. The lowest BCUT2D eigenvalue weighted by Crippen LogP contribution is -2.28. The highest BCUT2D eigenvalue weighted by molar-refractivity contribution is 5.24. The van der Waals surface area contributed by atoms with Gasteiger partial charge >= 0.3 is 5.69 Å². The lowest BCUT2D eigenvalue weighted by molar-refractivity contribution is 0.541. The van der Waals surface area contributed by atoms with E-state index in [1.807, 2.05) is 12.4 Å². The molecular weight excluding hydrogens is 262 g/mol. The molecule has 2 rings (SSSR count). The van der Waals surface area contributed by atoms with E-state index >= 15 is 0 Å². The molecule has 114 valence electrons. The maximum Gasteiger partial charge on any atom is 0.328 e. The van der Waals surface area contributed by atoms with Gasteiger partial charge in [-0.25, -0.2) is 4.79 Å².